The van der Waals surface area contributed by atoms with Gasteiger partial charge in [-0.1, -0.05) is 24.3 Å². The van der Waals surface area contributed by atoms with E-state index in [0.717, 1.165) is 57.4 Å². The summed E-state index contributed by atoms with van der Waals surface area (Å²) in [6, 6.07) is 12.5. The number of carbonyl (C=O) groups excluding carboxylic acids is 1. The van der Waals surface area contributed by atoms with E-state index in [2.05, 4.69) is 41.1 Å². The van der Waals surface area contributed by atoms with Crippen molar-refractivity contribution in [1.29, 1.82) is 0 Å². The number of amides is 1. The molecule has 0 spiro atoms. The van der Waals surface area contributed by atoms with E-state index in [1.807, 2.05) is 29.4 Å². The van der Waals surface area contributed by atoms with Crippen molar-refractivity contribution in [3.8, 4) is 0 Å². The zero-order chi connectivity index (χ0) is 18.6. The lowest BCUT2D eigenvalue weighted by Crippen LogP contribution is -2.51. The number of pyridine rings is 1. The summed E-state index contributed by atoms with van der Waals surface area (Å²) in [5.41, 5.74) is 3.75. The molecule has 0 bridgehead atoms. The number of aromatic nitrogens is 1. The molecule has 0 radical (unpaired) electrons. The molecule has 4 rings (SSSR count). The van der Waals surface area contributed by atoms with Crippen LogP contribution in [0.5, 0.6) is 0 Å². The highest BCUT2D eigenvalue weighted by atomic mass is 16.2. The van der Waals surface area contributed by atoms with E-state index in [9.17, 15) is 4.79 Å². The number of hydrogen-bond acceptors (Lipinski definition) is 3. The molecule has 1 aromatic heterocycles. The summed E-state index contributed by atoms with van der Waals surface area (Å²) in [5, 5.41) is 0. The van der Waals surface area contributed by atoms with E-state index < -0.39 is 0 Å². The Morgan fingerprint density at radius 3 is 2.74 bits per heavy atom. The molecule has 0 unspecified atom stereocenters. The summed E-state index contributed by atoms with van der Waals surface area (Å²) in [4.78, 5) is 21.8. The van der Waals surface area contributed by atoms with Crippen LogP contribution in [-0.4, -0.2) is 41.5 Å². The molecule has 0 saturated carbocycles. The number of piperidine rings is 1. The zero-order valence-electron chi connectivity index (χ0n) is 16.2. The number of nitrogens with zero attached hydrogens (tertiary/aromatic N) is 3. The number of likely N-dealkylation sites (tertiary alicyclic amines) is 1. The smallest absolute Gasteiger partial charge is 0.244 e. The molecular weight excluding hydrogens is 334 g/mol. The van der Waals surface area contributed by atoms with Gasteiger partial charge in [-0.15, -0.1) is 0 Å². The van der Waals surface area contributed by atoms with Crippen LogP contribution in [0.15, 0.2) is 48.8 Å². The molecule has 3 heterocycles. The maximum atomic E-state index is 13.2. The number of para-hydroxylation sites is 1. The lowest BCUT2D eigenvalue weighted by Gasteiger charge is -2.38. The second kappa shape index (κ2) is 8.22. The van der Waals surface area contributed by atoms with Crippen molar-refractivity contribution in [3.63, 3.8) is 0 Å². The van der Waals surface area contributed by atoms with Crippen molar-refractivity contribution in [2.24, 2.45) is 5.92 Å². The summed E-state index contributed by atoms with van der Waals surface area (Å²) in [6.07, 6.45) is 9.36. The van der Waals surface area contributed by atoms with Gasteiger partial charge in [0.2, 0.25) is 5.91 Å². The van der Waals surface area contributed by atoms with Gasteiger partial charge in [0.25, 0.3) is 0 Å². The van der Waals surface area contributed by atoms with E-state index in [-0.39, 0.29) is 11.9 Å². The van der Waals surface area contributed by atoms with Gasteiger partial charge in [0.1, 0.15) is 0 Å². The number of carbonyl (C=O) groups is 1. The standard InChI is InChI=1S/C23H29N3O/c1-18(23(27)26-13-5-8-21-7-2-3-9-22(21)26)25-14-10-19(11-15-25)16-20-6-4-12-24-17-20/h2-4,6-7,9,12,17-19H,5,8,10-11,13-16H2,1H3/t18-/m1/s1. The largest absolute Gasteiger partial charge is 0.311 e. The van der Waals surface area contributed by atoms with Gasteiger partial charge in [-0.05, 0) is 81.3 Å². The molecule has 142 valence electrons. The monoisotopic (exact) mass is 363 g/mol. The molecule has 4 nitrogen and oxygen atoms in total. The fourth-order valence-electron chi connectivity index (χ4n) is 4.54. The third-order valence-electron chi connectivity index (χ3n) is 6.18. The second-order valence-corrected chi connectivity index (χ2v) is 7.94. The van der Waals surface area contributed by atoms with Crippen LogP contribution >= 0.6 is 0 Å². The highest BCUT2D eigenvalue weighted by molar-refractivity contribution is 5.98. The Morgan fingerprint density at radius 2 is 1.96 bits per heavy atom. The van der Waals surface area contributed by atoms with Crippen molar-refractivity contribution in [2.75, 3.05) is 24.5 Å². The Hall–Kier alpha value is -2.20. The fourth-order valence-corrected chi connectivity index (χ4v) is 4.54. The zero-order valence-corrected chi connectivity index (χ0v) is 16.2. The van der Waals surface area contributed by atoms with Crippen LogP contribution < -0.4 is 4.90 Å². The van der Waals surface area contributed by atoms with E-state index in [1.54, 1.807) is 0 Å². The SMILES string of the molecule is C[C@H](C(=O)N1CCCc2ccccc21)N1CCC(Cc2cccnc2)CC1. The van der Waals surface area contributed by atoms with Crippen LogP contribution in [0.25, 0.3) is 0 Å². The van der Waals surface area contributed by atoms with Crippen LogP contribution in [-0.2, 0) is 17.6 Å². The first-order chi connectivity index (χ1) is 13.2. The van der Waals surface area contributed by atoms with Crippen LogP contribution in [0.1, 0.15) is 37.3 Å². The van der Waals surface area contributed by atoms with Gasteiger partial charge in [-0.2, -0.15) is 0 Å². The van der Waals surface area contributed by atoms with Crippen molar-refractivity contribution in [1.82, 2.24) is 9.88 Å². The lowest BCUT2D eigenvalue weighted by atomic mass is 9.90. The van der Waals surface area contributed by atoms with E-state index in [1.165, 1.54) is 11.1 Å². The predicted molar refractivity (Wildman–Crippen MR) is 109 cm³/mol. The molecule has 2 aliphatic rings. The van der Waals surface area contributed by atoms with E-state index in [4.69, 9.17) is 0 Å². The van der Waals surface area contributed by atoms with E-state index >= 15 is 0 Å². The molecular formula is C23H29N3O. The highest BCUT2D eigenvalue weighted by Gasteiger charge is 2.31. The summed E-state index contributed by atoms with van der Waals surface area (Å²) in [5.74, 6) is 0.955. The molecule has 1 fully saturated rings. The Kier molecular flexibility index (Phi) is 5.53. The molecule has 2 aliphatic heterocycles. The van der Waals surface area contributed by atoms with Crippen LogP contribution in [0.3, 0.4) is 0 Å². The first-order valence-corrected chi connectivity index (χ1v) is 10.2. The summed E-state index contributed by atoms with van der Waals surface area (Å²) in [6.45, 7) is 4.94. The molecule has 1 saturated heterocycles. The first-order valence-electron chi connectivity index (χ1n) is 10.2. The lowest BCUT2D eigenvalue weighted by molar-refractivity contribution is -0.123. The van der Waals surface area contributed by atoms with Gasteiger partial charge in [0.05, 0.1) is 6.04 Å². The minimum Gasteiger partial charge on any atom is -0.311 e. The van der Waals surface area contributed by atoms with Crippen LogP contribution in [0, 0.1) is 5.92 Å². The van der Waals surface area contributed by atoms with Gasteiger partial charge < -0.3 is 4.90 Å². The maximum Gasteiger partial charge on any atom is 0.244 e. The number of benzene rings is 1. The van der Waals surface area contributed by atoms with Crippen LogP contribution in [0.2, 0.25) is 0 Å². The average Bonchev–Trinajstić information content (AvgIpc) is 2.73. The minimum absolute atomic E-state index is 0.0458. The Bertz CT molecular complexity index is 768. The third-order valence-corrected chi connectivity index (χ3v) is 6.18. The quantitative estimate of drug-likeness (QED) is 0.831. The Morgan fingerprint density at radius 1 is 1.15 bits per heavy atom. The summed E-state index contributed by atoms with van der Waals surface area (Å²) >= 11 is 0. The molecule has 27 heavy (non-hydrogen) atoms. The fraction of sp³-hybridized carbons (Fsp3) is 0.478. The van der Waals surface area contributed by atoms with Gasteiger partial charge >= 0.3 is 0 Å². The van der Waals surface area contributed by atoms with Gasteiger partial charge in [0.15, 0.2) is 0 Å². The topological polar surface area (TPSA) is 36.4 Å². The van der Waals surface area contributed by atoms with Crippen molar-refractivity contribution < 1.29 is 4.79 Å². The number of rotatable bonds is 4. The molecule has 2 aromatic rings. The molecule has 1 aromatic carbocycles. The molecule has 1 atom stereocenters. The molecule has 0 aliphatic carbocycles. The maximum absolute atomic E-state index is 13.2. The summed E-state index contributed by atoms with van der Waals surface area (Å²) in [7, 11) is 0. The average molecular weight is 364 g/mol. The van der Waals surface area contributed by atoms with E-state index in [0.29, 0.717) is 5.92 Å². The van der Waals surface area contributed by atoms with Crippen molar-refractivity contribution in [3.05, 3.63) is 59.9 Å². The van der Waals surface area contributed by atoms with Crippen molar-refractivity contribution in [2.45, 2.75) is 45.1 Å². The summed E-state index contributed by atoms with van der Waals surface area (Å²) < 4.78 is 0. The number of hydrogen-bond donors (Lipinski definition) is 0. The second-order valence-electron chi connectivity index (χ2n) is 7.94. The first kappa shape index (κ1) is 18.2. The highest BCUT2D eigenvalue weighted by Crippen LogP contribution is 2.29. The number of fused-ring (bicyclic) bond motifs is 1. The number of anilines is 1. The molecule has 0 N–H and O–H groups in total. The predicted octanol–water partition coefficient (Wildman–Crippen LogP) is 3.70. The number of aryl methyl sites for hydroxylation is 1. The van der Waals surface area contributed by atoms with Crippen LogP contribution in [0.4, 0.5) is 5.69 Å². The van der Waals surface area contributed by atoms with Crippen molar-refractivity contribution >= 4 is 11.6 Å². The Balaban J connectivity index is 1.35. The molecule has 1 amide bonds. The normalized spacial score (nSPS) is 19.5. The molecule has 4 heteroatoms. The van der Waals surface area contributed by atoms with Gasteiger partial charge in [0, 0.05) is 24.6 Å². The van der Waals surface area contributed by atoms with Gasteiger partial charge in [-0.25, -0.2) is 0 Å². The third kappa shape index (κ3) is 4.06. The Labute approximate surface area is 162 Å². The van der Waals surface area contributed by atoms with Gasteiger partial charge in [-0.3, -0.25) is 14.7 Å². The minimum atomic E-state index is -0.0458.